The van der Waals surface area contributed by atoms with Crippen molar-refractivity contribution < 1.29 is 36.2 Å². The molecule has 1 aliphatic heterocycles. The number of nitrogens with one attached hydrogen (secondary N) is 1. The molecule has 2 aromatic heterocycles. The van der Waals surface area contributed by atoms with Crippen molar-refractivity contribution in [2.24, 2.45) is 0 Å². The minimum atomic E-state index is -4.66. The third-order valence-electron chi connectivity index (χ3n) is 6.12. The summed E-state index contributed by atoms with van der Waals surface area (Å²) < 4.78 is 87.1. The lowest BCUT2D eigenvalue weighted by atomic mass is 9.82. The van der Waals surface area contributed by atoms with Gasteiger partial charge in [-0.15, -0.1) is 0 Å². The van der Waals surface area contributed by atoms with Crippen LogP contribution in [0.1, 0.15) is 56.6 Å². The summed E-state index contributed by atoms with van der Waals surface area (Å²) in [7, 11) is 0. The predicted octanol–water partition coefficient (Wildman–Crippen LogP) is 4.85. The fourth-order valence-electron chi connectivity index (χ4n) is 4.58. The number of ether oxygens (including phenoxy) is 1. The largest absolute Gasteiger partial charge is 0.492 e. The van der Waals surface area contributed by atoms with Crippen molar-refractivity contribution in [3.63, 3.8) is 0 Å². The number of hydrogen-bond acceptors (Lipinski definition) is 6. The average molecular weight is 517 g/mol. The fourth-order valence-corrected chi connectivity index (χ4v) is 4.58. The van der Waals surface area contributed by atoms with Crippen molar-refractivity contribution in [3.8, 4) is 5.75 Å². The Morgan fingerprint density at radius 1 is 1.08 bits per heavy atom. The van der Waals surface area contributed by atoms with Gasteiger partial charge in [-0.2, -0.15) is 26.3 Å². The number of aliphatic hydroxyl groups is 1. The zero-order valence-electron chi connectivity index (χ0n) is 19.7. The second kappa shape index (κ2) is 9.18. The van der Waals surface area contributed by atoms with Crippen LogP contribution < -0.4 is 10.1 Å². The molecule has 0 amide bonds. The summed E-state index contributed by atoms with van der Waals surface area (Å²) >= 11 is 0. The van der Waals surface area contributed by atoms with E-state index in [1.807, 2.05) is 0 Å². The summed E-state index contributed by atoms with van der Waals surface area (Å²) in [6, 6.07) is 1.30. The van der Waals surface area contributed by atoms with Crippen LogP contribution in [0.2, 0.25) is 0 Å². The summed E-state index contributed by atoms with van der Waals surface area (Å²) in [6.07, 6.45) is -6.32. The zero-order chi connectivity index (χ0) is 26.5. The summed E-state index contributed by atoms with van der Waals surface area (Å²) in [5, 5.41) is 14.4. The highest BCUT2D eigenvalue weighted by atomic mass is 19.4. The van der Waals surface area contributed by atoms with Gasteiger partial charge in [0.2, 0.25) is 0 Å². The Kier molecular flexibility index (Phi) is 6.67. The highest BCUT2D eigenvalue weighted by molar-refractivity contribution is 5.81. The van der Waals surface area contributed by atoms with E-state index in [0.717, 1.165) is 12.3 Å². The van der Waals surface area contributed by atoms with Gasteiger partial charge >= 0.3 is 12.4 Å². The first kappa shape index (κ1) is 26.1. The number of benzene rings is 1. The van der Waals surface area contributed by atoms with Crippen LogP contribution in [0.5, 0.6) is 5.75 Å². The number of hydrogen-bond donors (Lipinski definition) is 2. The van der Waals surface area contributed by atoms with Gasteiger partial charge in [-0.05, 0) is 33.3 Å². The van der Waals surface area contributed by atoms with Crippen LogP contribution in [-0.2, 0) is 18.0 Å². The number of halogens is 6. The smallest absolute Gasteiger partial charge is 0.434 e. The second-order valence-corrected chi connectivity index (χ2v) is 9.38. The maximum absolute atomic E-state index is 13.8. The predicted molar refractivity (Wildman–Crippen MR) is 117 cm³/mol. The number of fused-ring (bicyclic) bond motifs is 1. The molecule has 0 saturated carbocycles. The Morgan fingerprint density at radius 2 is 1.81 bits per heavy atom. The first-order valence-corrected chi connectivity index (χ1v) is 11.3. The molecule has 0 bridgehead atoms. The van der Waals surface area contributed by atoms with Gasteiger partial charge in [0.15, 0.2) is 5.69 Å². The molecule has 3 heterocycles. The van der Waals surface area contributed by atoms with Crippen LogP contribution >= 0.6 is 0 Å². The van der Waals surface area contributed by atoms with E-state index in [2.05, 4.69) is 20.3 Å². The Labute approximate surface area is 202 Å². The Hall–Kier alpha value is -2.93. The van der Waals surface area contributed by atoms with Crippen LogP contribution in [-0.4, -0.2) is 43.3 Å². The van der Waals surface area contributed by atoms with Crippen molar-refractivity contribution in [2.75, 3.05) is 6.61 Å². The monoisotopic (exact) mass is 517 g/mol. The first-order chi connectivity index (χ1) is 16.7. The van der Waals surface area contributed by atoms with Gasteiger partial charge in [-0.3, -0.25) is 4.98 Å². The molecule has 196 valence electrons. The lowest BCUT2D eigenvalue weighted by Crippen LogP contribution is -2.53. The molecular formula is C23H25F6N5O2. The van der Waals surface area contributed by atoms with Crippen molar-refractivity contribution in [1.82, 2.24) is 24.8 Å². The summed E-state index contributed by atoms with van der Waals surface area (Å²) in [5.41, 5.74) is -3.56. The van der Waals surface area contributed by atoms with E-state index < -0.39 is 35.3 Å². The van der Waals surface area contributed by atoms with E-state index in [-0.39, 0.29) is 54.0 Å². The summed E-state index contributed by atoms with van der Waals surface area (Å²) in [6.45, 7) is 5.17. The standard InChI is InChI=1S/C23H25F6N5O2/c1-12(2)34-11-32-17-5-15(4-16(20(17)34)22(24,25)26)36-10-14-7-21(35,6-13(3)33-14)18-8-31-19(9-30-18)23(27,28)29/h4-5,8-9,11-14,33,35H,6-7,10H2,1-3H3. The van der Waals surface area contributed by atoms with E-state index in [9.17, 15) is 31.4 Å². The third kappa shape index (κ3) is 5.26. The normalized spacial score (nSPS) is 23.4. The Bertz CT molecular complexity index is 1220. The number of piperidine rings is 1. The molecule has 13 heteroatoms. The molecule has 3 atom stereocenters. The fraction of sp³-hybridized carbons (Fsp3) is 0.522. The SMILES string of the molecule is CC1CC(O)(c2cnc(C(F)(F)F)cn2)CC(COc2cc(C(F)(F)F)c3c(c2)ncn3C(C)C)N1. The molecule has 4 rings (SSSR count). The molecule has 1 aromatic carbocycles. The van der Waals surface area contributed by atoms with E-state index in [4.69, 9.17) is 4.74 Å². The van der Waals surface area contributed by atoms with E-state index in [1.165, 1.54) is 17.0 Å². The van der Waals surface area contributed by atoms with E-state index in [0.29, 0.717) is 6.20 Å². The van der Waals surface area contributed by atoms with E-state index in [1.54, 1.807) is 20.8 Å². The maximum Gasteiger partial charge on any atom is 0.434 e. The topological polar surface area (TPSA) is 85.1 Å². The van der Waals surface area contributed by atoms with Crippen LogP contribution in [0, 0.1) is 0 Å². The Balaban J connectivity index is 1.55. The molecule has 3 unspecified atom stereocenters. The van der Waals surface area contributed by atoms with Gasteiger partial charge in [0, 0.05) is 30.6 Å². The lowest BCUT2D eigenvalue weighted by Gasteiger charge is -2.40. The molecule has 1 fully saturated rings. The molecule has 3 aromatic rings. The summed E-state index contributed by atoms with van der Waals surface area (Å²) in [4.78, 5) is 11.3. The molecule has 0 aliphatic carbocycles. The molecule has 36 heavy (non-hydrogen) atoms. The summed E-state index contributed by atoms with van der Waals surface area (Å²) in [5.74, 6) is -0.0401. The highest BCUT2D eigenvalue weighted by Gasteiger charge is 2.42. The lowest BCUT2D eigenvalue weighted by molar-refractivity contribution is -0.141. The molecule has 0 spiro atoms. The third-order valence-corrected chi connectivity index (χ3v) is 6.12. The van der Waals surface area contributed by atoms with Crippen molar-refractivity contribution in [2.45, 2.75) is 69.7 Å². The second-order valence-electron chi connectivity index (χ2n) is 9.38. The molecule has 0 radical (unpaired) electrons. The number of nitrogens with zero attached hydrogens (tertiary/aromatic N) is 4. The first-order valence-electron chi connectivity index (χ1n) is 11.3. The average Bonchev–Trinajstić information content (AvgIpc) is 3.19. The highest BCUT2D eigenvalue weighted by Crippen LogP contribution is 2.39. The van der Waals surface area contributed by atoms with Gasteiger partial charge in [0.1, 0.15) is 18.0 Å². The van der Waals surface area contributed by atoms with Crippen LogP contribution in [0.3, 0.4) is 0 Å². The van der Waals surface area contributed by atoms with Crippen LogP contribution in [0.15, 0.2) is 30.9 Å². The van der Waals surface area contributed by atoms with Crippen LogP contribution in [0.25, 0.3) is 11.0 Å². The molecule has 2 N–H and O–H groups in total. The number of imidazole rings is 1. The van der Waals surface area contributed by atoms with Crippen molar-refractivity contribution >= 4 is 11.0 Å². The minimum absolute atomic E-state index is 0.00767. The maximum atomic E-state index is 13.8. The van der Waals surface area contributed by atoms with Crippen molar-refractivity contribution in [3.05, 3.63) is 47.8 Å². The molecular weight excluding hydrogens is 492 g/mol. The molecule has 7 nitrogen and oxygen atoms in total. The quantitative estimate of drug-likeness (QED) is 0.471. The number of alkyl halides is 6. The molecule has 1 saturated heterocycles. The van der Waals surface area contributed by atoms with Crippen molar-refractivity contribution in [1.29, 1.82) is 0 Å². The molecule has 1 aliphatic rings. The van der Waals surface area contributed by atoms with Gasteiger partial charge in [-0.1, -0.05) is 0 Å². The number of aromatic nitrogens is 4. The Morgan fingerprint density at radius 3 is 2.39 bits per heavy atom. The van der Waals surface area contributed by atoms with Gasteiger partial charge in [0.25, 0.3) is 0 Å². The van der Waals surface area contributed by atoms with Gasteiger partial charge in [0.05, 0.1) is 41.0 Å². The zero-order valence-corrected chi connectivity index (χ0v) is 19.7. The number of rotatable bonds is 5. The minimum Gasteiger partial charge on any atom is -0.492 e. The van der Waals surface area contributed by atoms with E-state index >= 15 is 0 Å². The van der Waals surface area contributed by atoms with Crippen LogP contribution in [0.4, 0.5) is 26.3 Å². The van der Waals surface area contributed by atoms with Gasteiger partial charge < -0.3 is 19.7 Å². The van der Waals surface area contributed by atoms with Gasteiger partial charge in [-0.25, -0.2) is 9.97 Å².